The Morgan fingerprint density at radius 2 is 1.11 bits per heavy atom. The number of aliphatic hydroxyl groups is 1. The van der Waals surface area contributed by atoms with Crippen LogP contribution in [0.1, 0.15) is 148 Å². The molecule has 0 bridgehead atoms. The summed E-state index contributed by atoms with van der Waals surface area (Å²) in [4.78, 5) is 23.9. The third kappa shape index (κ3) is 25.5. The van der Waals surface area contributed by atoms with Gasteiger partial charge in [-0.15, -0.1) is 6.58 Å². The molecule has 0 saturated carbocycles. The summed E-state index contributed by atoms with van der Waals surface area (Å²) in [6.07, 6.45) is 25.9. The number of carbonyl (C=O) groups excluding carboxylic acids is 2. The van der Waals surface area contributed by atoms with E-state index in [4.69, 9.17) is 9.47 Å². The highest BCUT2D eigenvalue weighted by molar-refractivity contribution is 5.70. The smallest absolute Gasteiger partial charge is 0.306 e. The molecule has 5 nitrogen and oxygen atoms in total. The summed E-state index contributed by atoms with van der Waals surface area (Å²) in [5.74, 6) is -0.609. The van der Waals surface area contributed by atoms with Crippen LogP contribution in [0.5, 0.6) is 0 Å². The van der Waals surface area contributed by atoms with Crippen molar-refractivity contribution < 1.29 is 24.2 Å². The molecule has 0 amide bonds. The Morgan fingerprint density at radius 3 is 1.57 bits per heavy atom. The van der Waals surface area contributed by atoms with E-state index in [1.54, 1.807) is 0 Å². The molecule has 0 rings (SSSR count). The largest absolute Gasteiger partial charge is 0.462 e. The van der Waals surface area contributed by atoms with Crippen molar-refractivity contribution in [2.45, 2.75) is 154 Å². The van der Waals surface area contributed by atoms with Gasteiger partial charge in [-0.1, -0.05) is 116 Å². The Balaban J connectivity index is 3.56. The van der Waals surface area contributed by atoms with Gasteiger partial charge in [-0.2, -0.15) is 0 Å². The van der Waals surface area contributed by atoms with Gasteiger partial charge in [0, 0.05) is 12.8 Å². The lowest BCUT2D eigenvalue weighted by molar-refractivity contribution is -0.161. The van der Waals surface area contributed by atoms with Crippen LogP contribution < -0.4 is 0 Å². The van der Waals surface area contributed by atoms with Crippen LogP contribution in [-0.4, -0.2) is 36.4 Å². The summed E-state index contributed by atoms with van der Waals surface area (Å²) in [6, 6.07) is 0. The molecule has 0 aromatic carbocycles. The summed E-state index contributed by atoms with van der Waals surface area (Å²) < 4.78 is 10.5. The Morgan fingerprint density at radius 1 is 0.686 bits per heavy atom. The lowest BCUT2D eigenvalue weighted by atomic mass is 10.0. The molecule has 0 aromatic rings. The molecule has 0 aliphatic carbocycles. The van der Waals surface area contributed by atoms with Gasteiger partial charge in [-0.05, 0) is 25.7 Å². The normalized spacial score (nSPS) is 11.8. The zero-order chi connectivity index (χ0) is 25.8. The SMILES string of the molecule is C=CCCCCCCCCC(=O)OC(CO)COC(=O)CCCCCCCCCCCCCCC. The van der Waals surface area contributed by atoms with Gasteiger partial charge in [0.15, 0.2) is 6.10 Å². The van der Waals surface area contributed by atoms with E-state index in [9.17, 15) is 14.7 Å². The molecule has 1 N–H and O–H groups in total. The summed E-state index contributed by atoms with van der Waals surface area (Å²) in [6.45, 7) is 5.58. The summed E-state index contributed by atoms with van der Waals surface area (Å²) in [5, 5.41) is 9.42. The number of esters is 2. The van der Waals surface area contributed by atoms with Crippen molar-refractivity contribution in [3.8, 4) is 0 Å². The number of allylic oxidation sites excluding steroid dienone is 1. The van der Waals surface area contributed by atoms with Crippen LogP contribution in [0.4, 0.5) is 0 Å². The topological polar surface area (TPSA) is 72.8 Å². The molecule has 0 aliphatic rings. The Labute approximate surface area is 216 Å². The number of unbranched alkanes of at least 4 members (excludes halogenated alkanes) is 18. The monoisotopic (exact) mass is 496 g/mol. The van der Waals surface area contributed by atoms with Crippen LogP contribution >= 0.6 is 0 Å². The van der Waals surface area contributed by atoms with Crippen LogP contribution in [0.25, 0.3) is 0 Å². The molecule has 1 atom stereocenters. The molecule has 0 spiro atoms. The van der Waals surface area contributed by atoms with Crippen LogP contribution in [0.2, 0.25) is 0 Å². The lowest BCUT2D eigenvalue weighted by Crippen LogP contribution is -2.28. The van der Waals surface area contributed by atoms with Gasteiger partial charge < -0.3 is 14.6 Å². The third-order valence-corrected chi connectivity index (χ3v) is 6.46. The molecular formula is C30H56O5. The second-order valence-electron chi connectivity index (χ2n) is 9.92. The highest BCUT2D eigenvalue weighted by Crippen LogP contribution is 2.13. The molecule has 35 heavy (non-hydrogen) atoms. The third-order valence-electron chi connectivity index (χ3n) is 6.46. The minimum absolute atomic E-state index is 0.0666. The predicted molar refractivity (Wildman–Crippen MR) is 145 cm³/mol. The van der Waals surface area contributed by atoms with Crippen molar-refractivity contribution in [2.24, 2.45) is 0 Å². The zero-order valence-electron chi connectivity index (χ0n) is 22.9. The van der Waals surface area contributed by atoms with Gasteiger partial charge in [0.1, 0.15) is 6.61 Å². The number of carbonyl (C=O) groups is 2. The fourth-order valence-electron chi connectivity index (χ4n) is 4.18. The first-order valence-electron chi connectivity index (χ1n) is 14.7. The zero-order valence-corrected chi connectivity index (χ0v) is 22.9. The van der Waals surface area contributed by atoms with E-state index in [2.05, 4.69) is 13.5 Å². The van der Waals surface area contributed by atoms with Crippen LogP contribution in [0.15, 0.2) is 12.7 Å². The molecule has 0 radical (unpaired) electrons. The Hall–Kier alpha value is -1.36. The Bertz CT molecular complexity index is 491. The highest BCUT2D eigenvalue weighted by Gasteiger charge is 2.16. The molecule has 5 heteroatoms. The molecule has 1 unspecified atom stereocenters. The van der Waals surface area contributed by atoms with Crippen molar-refractivity contribution in [1.29, 1.82) is 0 Å². The van der Waals surface area contributed by atoms with Gasteiger partial charge in [-0.25, -0.2) is 0 Å². The number of aliphatic hydroxyl groups excluding tert-OH is 1. The van der Waals surface area contributed by atoms with Gasteiger partial charge in [0.2, 0.25) is 0 Å². The van der Waals surface area contributed by atoms with Crippen molar-refractivity contribution >= 4 is 11.9 Å². The molecule has 0 heterocycles. The molecule has 0 fully saturated rings. The van der Waals surface area contributed by atoms with E-state index < -0.39 is 6.10 Å². The maximum atomic E-state index is 12.0. The van der Waals surface area contributed by atoms with E-state index >= 15 is 0 Å². The quantitative estimate of drug-likeness (QED) is 0.0704. The van der Waals surface area contributed by atoms with E-state index in [-0.39, 0.29) is 25.2 Å². The molecule has 0 aliphatic heterocycles. The van der Waals surface area contributed by atoms with Crippen molar-refractivity contribution in [3.05, 3.63) is 12.7 Å². The minimum Gasteiger partial charge on any atom is -0.462 e. The molecule has 206 valence electrons. The van der Waals surface area contributed by atoms with Crippen molar-refractivity contribution in [2.75, 3.05) is 13.2 Å². The van der Waals surface area contributed by atoms with Crippen molar-refractivity contribution in [3.63, 3.8) is 0 Å². The van der Waals surface area contributed by atoms with Gasteiger partial charge in [0.05, 0.1) is 6.61 Å². The summed E-state index contributed by atoms with van der Waals surface area (Å²) >= 11 is 0. The van der Waals surface area contributed by atoms with Gasteiger partial charge in [0.25, 0.3) is 0 Å². The fraction of sp³-hybridized carbons (Fsp3) is 0.867. The fourth-order valence-corrected chi connectivity index (χ4v) is 4.18. The number of hydrogen-bond acceptors (Lipinski definition) is 5. The van der Waals surface area contributed by atoms with Gasteiger partial charge in [-0.3, -0.25) is 9.59 Å². The lowest BCUT2D eigenvalue weighted by Gasteiger charge is -2.15. The number of ether oxygens (including phenoxy) is 2. The first-order valence-corrected chi connectivity index (χ1v) is 14.7. The maximum Gasteiger partial charge on any atom is 0.306 e. The van der Waals surface area contributed by atoms with E-state index in [1.807, 2.05) is 6.08 Å². The number of hydrogen-bond donors (Lipinski definition) is 1. The maximum absolute atomic E-state index is 12.0. The molecule has 0 aromatic heterocycles. The van der Waals surface area contributed by atoms with Crippen molar-refractivity contribution in [1.82, 2.24) is 0 Å². The second kappa shape index (κ2) is 27.2. The van der Waals surface area contributed by atoms with E-state index in [1.165, 1.54) is 83.5 Å². The van der Waals surface area contributed by atoms with Crippen LogP contribution in [-0.2, 0) is 19.1 Å². The van der Waals surface area contributed by atoms with Gasteiger partial charge >= 0.3 is 11.9 Å². The van der Waals surface area contributed by atoms with E-state index in [0.29, 0.717) is 12.8 Å². The average Bonchev–Trinajstić information content (AvgIpc) is 2.86. The summed E-state index contributed by atoms with van der Waals surface area (Å²) in [5.41, 5.74) is 0. The Kier molecular flexibility index (Phi) is 26.2. The first-order chi connectivity index (χ1) is 17.1. The molecular weight excluding hydrogens is 440 g/mol. The predicted octanol–water partition coefficient (Wildman–Crippen LogP) is 8.22. The molecule has 0 saturated heterocycles. The highest BCUT2D eigenvalue weighted by atomic mass is 16.6. The van der Waals surface area contributed by atoms with Crippen LogP contribution in [0, 0.1) is 0 Å². The summed E-state index contributed by atoms with van der Waals surface area (Å²) in [7, 11) is 0. The van der Waals surface area contributed by atoms with Crippen LogP contribution in [0.3, 0.4) is 0 Å². The standard InChI is InChI=1S/C30H56O5/c1-3-5-7-9-11-13-14-15-16-17-19-20-22-24-29(32)34-27-28(26-31)35-30(33)25-23-21-18-12-10-8-6-4-2/h4,28,31H,2-3,5-27H2,1H3. The first kappa shape index (κ1) is 33.6. The number of rotatable bonds is 27. The second-order valence-corrected chi connectivity index (χ2v) is 9.92. The average molecular weight is 497 g/mol. The van der Waals surface area contributed by atoms with E-state index in [0.717, 1.165) is 44.9 Å². The minimum atomic E-state index is -0.767.